The topological polar surface area (TPSA) is 30.5 Å². The largest absolute Gasteiger partial charge is 0.496 e. The van der Waals surface area contributed by atoms with Gasteiger partial charge in [0.15, 0.2) is 0 Å². The van der Waals surface area contributed by atoms with Gasteiger partial charge in [0.25, 0.3) is 0 Å². The fraction of sp³-hybridized carbons (Fsp3) is 0.250. The van der Waals surface area contributed by atoms with Gasteiger partial charge >= 0.3 is 0 Å². The normalized spacial score (nSPS) is 10.3. The van der Waals surface area contributed by atoms with Crippen LogP contribution in [0.5, 0.6) is 5.75 Å². The molecule has 106 valence electrons. The predicted octanol–water partition coefficient (Wildman–Crippen LogP) is 4.22. The van der Waals surface area contributed by atoms with E-state index in [1.165, 1.54) is 0 Å². The van der Waals surface area contributed by atoms with Crippen LogP contribution in [0.4, 0.5) is 5.69 Å². The van der Waals surface area contributed by atoms with E-state index < -0.39 is 0 Å². The van der Waals surface area contributed by atoms with E-state index in [1.807, 2.05) is 24.3 Å². The van der Waals surface area contributed by atoms with Gasteiger partial charge in [0, 0.05) is 34.9 Å². The lowest BCUT2D eigenvalue weighted by Crippen LogP contribution is -2.04. The Bertz CT molecular complexity index is 572. The van der Waals surface area contributed by atoms with Crippen molar-refractivity contribution in [2.45, 2.75) is 13.2 Å². The highest BCUT2D eigenvalue weighted by molar-refractivity contribution is 9.10. The van der Waals surface area contributed by atoms with Gasteiger partial charge in [-0.2, -0.15) is 0 Å². The lowest BCUT2D eigenvalue weighted by molar-refractivity contribution is 0.185. The Morgan fingerprint density at radius 2 is 1.85 bits per heavy atom. The van der Waals surface area contributed by atoms with Crippen molar-refractivity contribution in [3.63, 3.8) is 0 Å². The molecule has 0 heterocycles. The molecule has 0 aromatic heterocycles. The van der Waals surface area contributed by atoms with Crippen LogP contribution >= 0.6 is 15.9 Å². The molecule has 0 aliphatic heterocycles. The summed E-state index contributed by atoms with van der Waals surface area (Å²) >= 11 is 3.49. The molecule has 0 unspecified atom stereocenters. The maximum absolute atomic E-state index is 5.38. The van der Waals surface area contributed by atoms with Crippen LogP contribution in [0.15, 0.2) is 46.9 Å². The highest BCUT2D eigenvalue weighted by Crippen LogP contribution is 2.25. The monoisotopic (exact) mass is 335 g/mol. The fourth-order valence-electron chi connectivity index (χ4n) is 2.05. The van der Waals surface area contributed by atoms with Gasteiger partial charge in [-0.05, 0) is 24.3 Å². The molecular weight excluding hydrogens is 318 g/mol. The second-order valence-electron chi connectivity index (χ2n) is 4.40. The van der Waals surface area contributed by atoms with Gasteiger partial charge in [0.05, 0.1) is 13.7 Å². The molecule has 1 N–H and O–H groups in total. The first kappa shape index (κ1) is 14.9. The van der Waals surface area contributed by atoms with E-state index in [9.17, 15) is 0 Å². The number of methoxy groups -OCH3 is 2. The average Bonchev–Trinajstić information content (AvgIpc) is 2.47. The average molecular weight is 336 g/mol. The van der Waals surface area contributed by atoms with E-state index in [-0.39, 0.29) is 0 Å². The summed E-state index contributed by atoms with van der Waals surface area (Å²) in [5.74, 6) is 0.880. The third-order valence-corrected chi connectivity index (χ3v) is 3.52. The summed E-state index contributed by atoms with van der Waals surface area (Å²) in [6, 6.07) is 14.1. The van der Waals surface area contributed by atoms with Crippen molar-refractivity contribution in [2.75, 3.05) is 19.5 Å². The maximum Gasteiger partial charge on any atom is 0.123 e. The molecule has 0 saturated heterocycles. The van der Waals surface area contributed by atoms with Gasteiger partial charge < -0.3 is 14.8 Å². The van der Waals surface area contributed by atoms with E-state index in [0.717, 1.165) is 27.0 Å². The lowest BCUT2D eigenvalue weighted by Gasteiger charge is -2.14. The molecule has 0 fully saturated rings. The van der Waals surface area contributed by atoms with Crippen molar-refractivity contribution in [3.05, 3.63) is 58.1 Å². The van der Waals surface area contributed by atoms with Crippen molar-refractivity contribution in [1.82, 2.24) is 0 Å². The van der Waals surface area contributed by atoms with E-state index in [1.54, 1.807) is 14.2 Å². The molecule has 0 radical (unpaired) electrons. The minimum absolute atomic E-state index is 0.596. The first-order chi connectivity index (χ1) is 9.74. The summed E-state index contributed by atoms with van der Waals surface area (Å²) in [6.45, 7) is 1.29. The number of nitrogens with one attached hydrogen (secondary N) is 1. The Balaban J connectivity index is 2.14. The summed E-state index contributed by atoms with van der Waals surface area (Å²) in [5, 5.41) is 3.44. The van der Waals surface area contributed by atoms with Crippen molar-refractivity contribution in [3.8, 4) is 5.75 Å². The molecule has 0 aliphatic carbocycles. The molecule has 20 heavy (non-hydrogen) atoms. The quantitative estimate of drug-likeness (QED) is 0.857. The van der Waals surface area contributed by atoms with Gasteiger partial charge in [-0.1, -0.05) is 34.1 Å². The SMILES string of the molecule is COCc1ccccc1NCc1cc(Br)ccc1OC. The second-order valence-corrected chi connectivity index (χ2v) is 5.32. The van der Waals surface area contributed by atoms with Crippen LogP contribution < -0.4 is 10.1 Å². The van der Waals surface area contributed by atoms with Crippen LogP contribution in [-0.2, 0) is 17.9 Å². The molecule has 2 aromatic carbocycles. The molecule has 0 atom stereocenters. The predicted molar refractivity (Wildman–Crippen MR) is 85.2 cm³/mol. The Hall–Kier alpha value is -1.52. The third-order valence-electron chi connectivity index (χ3n) is 3.03. The van der Waals surface area contributed by atoms with Crippen molar-refractivity contribution in [2.24, 2.45) is 0 Å². The molecule has 2 rings (SSSR count). The molecule has 0 bridgehead atoms. The van der Waals surface area contributed by atoms with Crippen LogP contribution in [0.3, 0.4) is 0 Å². The molecular formula is C16H18BrNO2. The number of rotatable bonds is 6. The number of anilines is 1. The molecule has 3 nitrogen and oxygen atoms in total. The Kier molecular flexibility index (Phi) is 5.44. The zero-order chi connectivity index (χ0) is 14.4. The molecule has 0 saturated carbocycles. The Morgan fingerprint density at radius 3 is 2.60 bits per heavy atom. The first-order valence-corrected chi connectivity index (χ1v) is 7.17. The Labute approximate surface area is 128 Å². The number of para-hydroxylation sites is 1. The zero-order valence-corrected chi connectivity index (χ0v) is 13.2. The van der Waals surface area contributed by atoms with Crippen molar-refractivity contribution < 1.29 is 9.47 Å². The minimum atomic E-state index is 0.596. The van der Waals surface area contributed by atoms with Crippen LogP contribution in [0.2, 0.25) is 0 Å². The maximum atomic E-state index is 5.38. The third kappa shape index (κ3) is 3.74. The summed E-state index contributed by atoms with van der Waals surface area (Å²) in [6.07, 6.45) is 0. The van der Waals surface area contributed by atoms with Gasteiger partial charge in [0.1, 0.15) is 5.75 Å². The van der Waals surface area contributed by atoms with Gasteiger partial charge in [-0.15, -0.1) is 0 Å². The van der Waals surface area contributed by atoms with E-state index in [4.69, 9.17) is 9.47 Å². The highest BCUT2D eigenvalue weighted by Gasteiger charge is 2.05. The minimum Gasteiger partial charge on any atom is -0.496 e. The van der Waals surface area contributed by atoms with E-state index in [2.05, 4.69) is 39.4 Å². The standard InChI is InChI=1S/C16H18BrNO2/c1-19-11-12-5-3-4-6-15(12)18-10-13-9-14(17)7-8-16(13)20-2/h3-9,18H,10-11H2,1-2H3. The van der Waals surface area contributed by atoms with Gasteiger partial charge in [-0.3, -0.25) is 0 Å². The van der Waals surface area contributed by atoms with E-state index >= 15 is 0 Å². The molecule has 0 amide bonds. The number of ether oxygens (including phenoxy) is 2. The number of halogens is 1. The zero-order valence-electron chi connectivity index (χ0n) is 11.7. The first-order valence-electron chi connectivity index (χ1n) is 6.37. The van der Waals surface area contributed by atoms with Crippen LogP contribution in [0.1, 0.15) is 11.1 Å². The molecule has 2 aromatic rings. The van der Waals surface area contributed by atoms with E-state index in [0.29, 0.717) is 13.2 Å². The summed E-state index contributed by atoms with van der Waals surface area (Å²) < 4.78 is 11.6. The van der Waals surface area contributed by atoms with Crippen LogP contribution in [0.25, 0.3) is 0 Å². The summed E-state index contributed by atoms with van der Waals surface area (Å²) in [4.78, 5) is 0. The van der Waals surface area contributed by atoms with Crippen molar-refractivity contribution in [1.29, 1.82) is 0 Å². The van der Waals surface area contributed by atoms with Gasteiger partial charge in [0.2, 0.25) is 0 Å². The lowest BCUT2D eigenvalue weighted by atomic mass is 10.1. The van der Waals surface area contributed by atoms with Crippen LogP contribution in [0, 0.1) is 0 Å². The van der Waals surface area contributed by atoms with Gasteiger partial charge in [-0.25, -0.2) is 0 Å². The highest BCUT2D eigenvalue weighted by atomic mass is 79.9. The second kappa shape index (κ2) is 7.31. The smallest absolute Gasteiger partial charge is 0.123 e. The number of benzene rings is 2. The number of hydrogen-bond acceptors (Lipinski definition) is 3. The van der Waals surface area contributed by atoms with Crippen LogP contribution in [-0.4, -0.2) is 14.2 Å². The molecule has 0 aliphatic rings. The molecule has 4 heteroatoms. The Morgan fingerprint density at radius 1 is 1.05 bits per heavy atom. The number of hydrogen-bond donors (Lipinski definition) is 1. The fourth-order valence-corrected chi connectivity index (χ4v) is 2.46. The summed E-state index contributed by atoms with van der Waals surface area (Å²) in [7, 11) is 3.39. The summed E-state index contributed by atoms with van der Waals surface area (Å²) in [5.41, 5.74) is 3.33. The molecule has 0 spiro atoms. The van der Waals surface area contributed by atoms with Crippen molar-refractivity contribution >= 4 is 21.6 Å².